The van der Waals surface area contributed by atoms with Gasteiger partial charge in [-0.25, -0.2) is 14.4 Å². The summed E-state index contributed by atoms with van der Waals surface area (Å²) in [5, 5.41) is 0. The van der Waals surface area contributed by atoms with E-state index in [1.165, 1.54) is 13.8 Å². The second-order valence-corrected chi connectivity index (χ2v) is 3.96. The fourth-order valence-corrected chi connectivity index (χ4v) is 0.911. The van der Waals surface area contributed by atoms with Crippen LogP contribution in [0.1, 0.15) is 20.3 Å². The molecule has 0 spiro atoms. The van der Waals surface area contributed by atoms with Gasteiger partial charge in [0.15, 0.2) is 0 Å². The van der Waals surface area contributed by atoms with Gasteiger partial charge in [-0.3, -0.25) is 0 Å². The molecule has 0 saturated carbocycles. The predicted molar refractivity (Wildman–Crippen MR) is 71.4 cm³/mol. The van der Waals surface area contributed by atoms with Gasteiger partial charge in [0.2, 0.25) is 0 Å². The average molecular weight is 282 g/mol. The van der Waals surface area contributed by atoms with Gasteiger partial charge in [-0.15, -0.1) is 0 Å². The topological polar surface area (TPSA) is 78.9 Å². The van der Waals surface area contributed by atoms with Crippen LogP contribution in [-0.2, 0) is 28.6 Å². The molecule has 0 saturated heterocycles. The molecule has 0 N–H and O–H groups in total. The predicted octanol–water partition coefficient (Wildman–Crippen LogP) is 1.67. The van der Waals surface area contributed by atoms with Gasteiger partial charge in [0.1, 0.15) is 0 Å². The minimum atomic E-state index is -1.18. The minimum absolute atomic E-state index is 0.00236. The average Bonchev–Trinajstić information content (AvgIpc) is 2.37. The molecule has 0 bridgehead atoms. The number of hydrogen-bond acceptors (Lipinski definition) is 6. The van der Waals surface area contributed by atoms with Crippen molar-refractivity contribution in [2.45, 2.75) is 26.6 Å². The Labute approximate surface area is 117 Å². The molecule has 0 heterocycles. The number of ether oxygens (including phenoxy) is 3. The highest BCUT2D eigenvalue weighted by molar-refractivity contribution is 5.87. The molecule has 0 radical (unpaired) electrons. The van der Waals surface area contributed by atoms with Crippen LogP contribution in [0.4, 0.5) is 0 Å². The fraction of sp³-hybridized carbons (Fsp3) is 0.357. The molecule has 0 rings (SSSR count). The number of rotatable bonds is 8. The number of carbonyl (C=O) groups excluding carboxylic acids is 3. The van der Waals surface area contributed by atoms with Crippen molar-refractivity contribution in [3.63, 3.8) is 0 Å². The Morgan fingerprint density at radius 2 is 1.60 bits per heavy atom. The first kappa shape index (κ1) is 17.6. The molecule has 0 aromatic heterocycles. The molecule has 6 heteroatoms. The van der Waals surface area contributed by atoms with Crippen molar-refractivity contribution >= 4 is 17.9 Å². The van der Waals surface area contributed by atoms with Crippen molar-refractivity contribution < 1.29 is 28.6 Å². The van der Waals surface area contributed by atoms with Gasteiger partial charge in [-0.1, -0.05) is 19.7 Å². The Hall–Kier alpha value is -2.37. The van der Waals surface area contributed by atoms with E-state index in [9.17, 15) is 14.4 Å². The maximum atomic E-state index is 11.4. The Balaban J connectivity index is 4.45. The molecule has 1 atom stereocenters. The van der Waals surface area contributed by atoms with Crippen molar-refractivity contribution in [3.05, 3.63) is 37.0 Å². The van der Waals surface area contributed by atoms with Crippen molar-refractivity contribution in [3.8, 4) is 0 Å². The van der Waals surface area contributed by atoms with Crippen LogP contribution in [0.5, 0.6) is 0 Å². The van der Waals surface area contributed by atoms with Gasteiger partial charge in [-0.05, 0) is 13.8 Å². The summed E-state index contributed by atoms with van der Waals surface area (Å²) in [4.78, 5) is 33.6. The summed E-state index contributed by atoms with van der Waals surface area (Å²) in [6.45, 7) is 12.9. The largest absolute Gasteiger partial charge is 0.462 e. The van der Waals surface area contributed by atoms with Crippen molar-refractivity contribution in [1.82, 2.24) is 0 Å². The third kappa shape index (κ3) is 7.15. The molecule has 20 heavy (non-hydrogen) atoms. The summed E-state index contributed by atoms with van der Waals surface area (Å²) >= 11 is 0. The summed E-state index contributed by atoms with van der Waals surface area (Å²) in [5.41, 5.74) is 0.396. The zero-order chi connectivity index (χ0) is 15.7. The molecule has 0 aliphatic carbocycles. The summed E-state index contributed by atoms with van der Waals surface area (Å²) in [6.07, 6.45) is -0.248. The highest BCUT2D eigenvalue weighted by Crippen LogP contribution is 2.07. The Kier molecular flexibility index (Phi) is 7.65. The second-order valence-electron chi connectivity index (χ2n) is 3.96. The van der Waals surface area contributed by atoms with E-state index in [0.717, 1.165) is 6.08 Å². The zero-order valence-electron chi connectivity index (χ0n) is 11.6. The number of esters is 3. The molecular weight excluding hydrogens is 264 g/mol. The molecule has 0 fully saturated rings. The van der Waals surface area contributed by atoms with Gasteiger partial charge in [0.25, 0.3) is 6.29 Å². The first-order valence-corrected chi connectivity index (χ1v) is 5.80. The van der Waals surface area contributed by atoms with E-state index >= 15 is 0 Å². The Morgan fingerprint density at radius 1 is 1.05 bits per heavy atom. The molecule has 0 aliphatic rings. The SMILES string of the molecule is C=CC(=O)OC(CCOC(=O)C(=C)C)OC(=O)C(=C)C. The van der Waals surface area contributed by atoms with E-state index in [-0.39, 0.29) is 24.2 Å². The number of hydrogen-bond donors (Lipinski definition) is 0. The first-order valence-electron chi connectivity index (χ1n) is 5.80. The van der Waals surface area contributed by atoms with E-state index in [4.69, 9.17) is 14.2 Å². The zero-order valence-corrected chi connectivity index (χ0v) is 11.6. The molecule has 0 aromatic carbocycles. The highest BCUT2D eigenvalue weighted by Gasteiger charge is 2.19. The maximum Gasteiger partial charge on any atom is 0.336 e. The van der Waals surface area contributed by atoms with Crippen LogP contribution >= 0.6 is 0 Å². The lowest BCUT2D eigenvalue weighted by atomic mass is 10.3. The van der Waals surface area contributed by atoms with E-state index in [0.29, 0.717) is 0 Å². The molecule has 6 nitrogen and oxygen atoms in total. The molecule has 0 amide bonds. The van der Waals surface area contributed by atoms with Crippen molar-refractivity contribution in [2.75, 3.05) is 6.61 Å². The van der Waals surface area contributed by atoms with Crippen LogP contribution < -0.4 is 0 Å². The number of carbonyl (C=O) groups is 3. The van der Waals surface area contributed by atoms with E-state index in [1.54, 1.807) is 0 Å². The Bertz CT molecular complexity index is 435. The third-order valence-electron chi connectivity index (χ3n) is 1.94. The summed E-state index contributed by atoms with van der Waals surface area (Å²) in [5.74, 6) is -2.04. The fourth-order valence-electron chi connectivity index (χ4n) is 0.911. The molecule has 0 aliphatic heterocycles. The van der Waals surface area contributed by atoms with E-state index in [2.05, 4.69) is 19.7 Å². The lowest BCUT2D eigenvalue weighted by Gasteiger charge is -2.17. The van der Waals surface area contributed by atoms with Crippen LogP contribution in [0.15, 0.2) is 37.0 Å². The van der Waals surface area contributed by atoms with Crippen molar-refractivity contribution in [2.24, 2.45) is 0 Å². The van der Waals surface area contributed by atoms with Gasteiger partial charge in [-0.2, -0.15) is 0 Å². The van der Waals surface area contributed by atoms with Gasteiger partial charge in [0.05, 0.1) is 13.0 Å². The smallest absolute Gasteiger partial charge is 0.336 e. The van der Waals surface area contributed by atoms with Crippen LogP contribution in [0.25, 0.3) is 0 Å². The standard InChI is InChI=1S/C14H18O6/c1-6-11(15)19-12(20-14(17)10(4)5)7-8-18-13(16)9(2)3/h6,12H,1-2,4,7-8H2,3,5H3. The summed E-state index contributed by atoms with van der Waals surface area (Å²) in [6, 6.07) is 0. The first-order chi connectivity index (χ1) is 9.27. The minimum Gasteiger partial charge on any atom is -0.462 e. The van der Waals surface area contributed by atoms with Gasteiger partial charge >= 0.3 is 17.9 Å². The monoisotopic (exact) mass is 282 g/mol. The van der Waals surface area contributed by atoms with E-state index < -0.39 is 24.2 Å². The van der Waals surface area contributed by atoms with E-state index in [1.807, 2.05) is 0 Å². The molecule has 110 valence electrons. The summed E-state index contributed by atoms with van der Waals surface area (Å²) in [7, 11) is 0. The third-order valence-corrected chi connectivity index (χ3v) is 1.94. The van der Waals surface area contributed by atoms with Crippen LogP contribution in [-0.4, -0.2) is 30.8 Å². The normalized spacial score (nSPS) is 10.9. The molecule has 0 aromatic rings. The van der Waals surface area contributed by atoms with Crippen LogP contribution in [0.3, 0.4) is 0 Å². The highest BCUT2D eigenvalue weighted by atomic mass is 16.7. The van der Waals surface area contributed by atoms with Gasteiger partial charge in [0, 0.05) is 17.2 Å². The van der Waals surface area contributed by atoms with Crippen LogP contribution in [0, 0.1) is 0 Å². The van der Waals surface area contributed by atoms with Crippen molar-refractivity contribution in [1.29, 1.82) is 0 Å². The molecular formula is C14H18O6. The lowest BCUT2D eigenvalue weighted by molar-refractivity contribution is -0.184. The Morgan fingerprint density at radius 3 is 2.05 bits per heavy atom. The molecule has 1 unspecified atom stereocenters. The van der Waals surface area contributed by atoms with Crippen LogP contribution in [0.2, 0.25) is 0 Å². The quantitative estimate of drug-likeness (QED) is 0.383. The summed E-state index contributed by atoms with van der Waals surface area (Å²) < 4.78 is 14.5. The van der Waals surface area contributed by atoms with Gasteiger partial charge < -0.3 is 14.2 Å². The lowest BCUT2D eigenvalue weighted by Crippen LogP contribution is -2.26. The maximum absolute atomic E-state index is 11.4. The second kappa shape index (κ2) is 8.68.